The summed E-state index contributed by atoms with van der Waals surface area (Å²) in [5.41, 5.74) is 4.04. The zero-order valence-corrected chi connectivity index (χ0v) is 13.7. The molecule has 2 N–H and O–H groups in total. The lowest BCUT2D eigenvalue weighted by Gasteiger charge is -2.08. The van der Waals surface area contributed by atoms with Crippen molar-refractivity contribution in [2.24, 2.45) is 5.10 Å². The van der Waals surface area contributed by atoms with Gasteiger partial charge in [0.15, 0.2) is 0 Å². The second kappa shape index (κ2) is 7.76. The Morgan fingerprint density at radius 1 is 1.04 bits per heavy atom. The Kier molecular flexibility index (Phi) is 5.73. The van der Waals surface area contributed by atoms with E-state index in [9.17, 15) is 9.59 Å². The normalized spacial score (nSPS) is 10.6. The van der Waals surface area contributed by atoms with E-state index in [1.165, 1.54) is 6.21 Å². The molecule has 0 unspecified atom stereocenters. The SMILES string of the molecule is Cc1c(Cl)cccc1NC(=O)C(=O)N/N=C\c1ccc(Cl)cc1. The predicted octanol–water partition coefficient (Wildman–Crippen LogP) is 3.39. The van der Waals surface area contributed by atoms with Gasteiger partial charge in [-0.1, -0.05) is 41.4 Å². The Bertz CT molecular complexity index is 758. The van der Waals surface area contributed by atoms with E-state index in [4.69, 9.17) is 23.2 Å². The standard InChI is InChI=1S/C16H13Cl2N3O2/c1-10-13(18)3-2-4-14(10)20-15(22)16(23)21-19-9-11-5-7-12(17)8-6-11/h2-9H,1H3,(H,20,22)(H,21,23)/b19-9-. The van der Waals surface area contributed by atoms with E-state index >= 15 is 0 Å². The second-order valence-electron chi connectivity index (χ2n) is 4.62. The van der Waals surface area contributed by atoms with Crippen molar-refractivity contribution in [3.05, 3.63) is 63.6 Å². The van der Waals surface area contributed by atoms with E-state index in [1.807, 2.05) is 0 Å². The van der Waals surface area contributed by atoms with Crippen molar-refractivity contribution in [2.75, 3.05) is 5.32 Å². The van der Waals surface area contributed by atoms with Gasteiger partial charge < -0.3 is 5.32 Å². The molecule has 23 heavy (non-hydrogen) atoms. The van der Waals surface area contributed by atoms with E-state index in [-0.39, 0.29) is 0 Å². The van der Waals surface area contributed by atoms with Crippen LogP contribution in [0.4, 0.5) is 5.69 Å². The van der Waals surface area contributed by atoms with Crippen molar-refractivity contribution in [3.63, 3.8) is 0 Å². The number of hydrogen-bond acceptors (Lipinski definition) is 3. The number of hydrazone groups is 1. The third kappa shape index (κ3) is 4.81. The molecule has 2 rings (SSSR count). The lowest BCUT2D eigenvalue weighted by Crippen LogP contribution is -2.32. The summed E-state index contributed by atoms with van der Waals surface area (Å²) in [6.07, 6.45) is 1.41. The van der Waals surface area contributed by atoms with Crippen molar-refractivity contribution in [1.29, 1.82) is 0 Å². The summed E-state index contributed by atoms with van der Waals surface area (Å²) >= 11 is 11.7. The van der Waals surface area contributed by atoms with Crippen molar-refractivity contribution >= 4 is 46.9 Å². The number of carbonyl (C=O) groups is 2. The molecule has 2 amide bonds. The molecule has 0 aliphatic carbocycles. The Morgan fingerprint density at radius 3 is 2.43 bits per heavy atom. The fraction of sp³-hybridized carbons (Fsp3) is 0.0625. The van der Waals surface area contributed by atoms with Gasteiger partial charge in [-0.05, 0) is 42.3 Å². The van der Waals surface area contributed by atoms with Crippen molar-refractivity contribution in [2.45, 2.75) is 6.92 Å². The molecule has 0 fully saturated rings. The van der Waals surface area contributed by atoms with E-state index in [2.05, 4.69) is 15.8 Å². The minimum absolute atomic E-state index is 0.472. The van der Waals surface area contributed by atoms with Crippen LogP contribution in [0.2, 0.25) is 10.0 Å². The number of nitrogens with zero attached hydrogens (tertiary/aromatic N) is 1. The first kappa shape index (κ1) is 17.0. The van der Waals surface area contributed by atoms with Gasteiger partial charge in [0.25, 0.3) is 0 Å². The number of benzene rings is 2. The van der Waals surface area contributed by atoms with Crippen LogP contribution < -0.4 is 10.7 Å². The first-order valence-corrected chi connectivity index (χ1v) is 7.38. The minimum atomic E-state index is -0.880. The van der Waals surface area contributed by atoms with Crippen LogP contribution >= 0.6 is 23.2 Å². The van der Waals surface area contributed by atoms with Gasteiger partial charge in [-0.25, -0.2) is 5.43 Å². The Hall–Kier alpha value is -2.37. The minimum Gasteiger partial charge on any atom is -0.317 e. The summed E-state index contributed by atoms with van der Waals surface area (Å²) in [5, 5.41) is 7.30. The summed E-state index contributed by atoms with van der Waals surface area (Å²) in [6.45, 7) is 1.74. The summed E-state index contributed by atoms with van der Waals surface area (Å²) in [5.74, 6) is -1.71. The topological polar surface area (TPSA) is 70.6 Å². The summed E-state index contributed by atoms with van der Waals surface area (Å²) in [4.78, 5) is 23.5. The quantitative estimate of drug-likeness (QED) is 0.506. The van der Waals surface area contributed by atoms with Crippen LogP contribution in [0.3, 0.4) is 0 Å². The highest BCUT2D eigenvalue weighted by Crippen LogP contribution is 2.22. The number of carbonyl (C=O) groups excluding carboxylic acids is 2. The van der Waals surface area contributed by atoms with Crippen molar-refractivity contribution < 1.29 is 9.59 Å². The van der Waals surface area contributed by atoms with Crippen LogP contribution in [0.5, 0.6) is 0 Å². The summed E-state index contributed by atoms with van der Waals surface area (Å²) < 4.78 is 0. The van der Waals surface area contributed by atoms with Gasteiger partial charge in [-0.15, -0.1) is 0 Å². The van der Waals surface area contributed by atoms with Gasteiger partial charge in [0.2, 0.25) is 0 Å². The molecular weight excluding hydrogens is 337 g/mol. The molecule has 118 valence electrons. The second-order valence-corrected chi connectivity index (χ2v) is 5.46. The molecule has 0 bridgehead atoms. The summed E-state index contributed by atoms with van der Waals surface area (Å²) in [6, 6.07) is 11.9. The number of hydrogen-bond donors (Lipinski definition) is 2. The third-order valence-electron chi connectivity index (χ3n) is 2.97. The highest BCUT2D eigenvalue weighted by molar-refractivity contribution is 6.40. The molecule has 0 radical (unpaired) electrons. The molecule has 0 atom stereocenters. The van der Waals surface area contributed by atoms with Crippen LogP contribution in [-0.2, 0) is 9.59 Å². The molecular formula is C16H13Cl2N3O2. The highest BCUT2D eigenvalue weighted by atomic mass is 35.5. The molecule has 7 heteroatoms. The third-order valence-corrected chi connectivity index (χ3v) is 3.63. The molecule has 0 spiro atoms. The number of nitrogens with one attached hydrogen (secondary N) is 2. The van der Waals surface area contributed by atoms with Gasteiger partial charge in [-0.3, -0.25) is 9.59 Å². The zero-order valence-electron chi connectivity index (χ0n) is 12.1. The molecule has 0 saturated carbocycles. The average Bonchev–Trinajstić information content (AvgIpc) is 2.53. The predicted molar refractivity (Wildman–Crippen MR) is 92.0 cm³/mol. The molecule has 2 aromatic carbocycles. The van der Waals surface area contributed by atoms with Crippen LogP contribution in [0.15, 0.2) is 47.6 Å². The lowest BCUT2D eigenvalue weighted by atomic mass is 10.2. The number of amides is 2. The Morgan fingerprint density at radius 2 is 1.74 bits per heavy atom. The maximum atomic E-state index is 11.8. The molecule has 5 nitrogen and oxygen atoms in total. The van der Waals surface area contributed by atoms with Crippen LogP contribution in [0.25, 0.3) is 0 Å². The van der Waals surface area contributed by atoms with E-state index in [1.54, 1.807) is 49.4 Å². The van der Waals surface area contributed by atoms with E-state index in [0.29, 0.717) is 21.3 Å². The molecule has 0 heterocycles. The van der Waals surface area contributed by atoms with Gasteiger partial charge in [0, 0.05) is 15.7 Å². The van der Waals surface area contributed by atoms with Gasteiger partial charge in [-0.2, -0.15) is 5.10 Å². The largest absolute Gasteiger partial charge is 0.329 e. The molecule has 0 saturated heterocycles. The highest BCUT2D eigenvalue weighted by Gasteiger charge is 2.14. The number of rotatable bonds is 3. The molecule has 2 aromatic rings. The lowest BCUT2D eigenvalue weighted by molar-refractivity contribution is -0.136. The first-order valence-electron chi connectivity index (χ1n) is 6.62. The van der Waals surface area contributed by atoms with Crippen molar-refractivity contribution in [3.8, 4) is 0 Å². The van der Waals surface area contributed by atoms with Crippen LogP contribution in [0, 0.1) is 6.92 Å². The van der Waals surface area contributed by atoms with Gasteiger partial charge in [0.1, 0.15) is 0 Å². The molecule has 0 aliphatic heterocycles. The maximum absolute atomic E-state index is 11.8. The van der Waals surface area contributed by atoms with Crippen molar-refractivity contribution in [1.82, 2.24) is 5.43 Å². The smallest absolute Gasteiger partial charge is 0.317 e. The fourth-order valence-corrected chi connectivity index (χ4v) is 1.99. The maximum Gasteiger partial charge on any atom is 0.329 e. The Labute approximate surface area is 143 Å². The van der Waals surface area contributed by atoms with E-state index in [0.717, 1.165) is 5.56 Å². The molecule has 0 aliphatic rings. The first-order chi connectivity index (χ1) is 11.0. The van der Waals surface area contributed by atoms with Crippen LogP contribution in [-0.4, -0.2) is 18.0 Å². The zero-order chi connectivity index (χ0) is 16.8. The number of anilines is 1. The monoisotopic (exact) mass is 349 g/mol. The number of halogens is 2. The van der Waals surface area contributed by atoms with Gasteiger partial charge in [0.05, 0.1) is 6.21 Å². The van der Waals surface area contributed by atoms with Gasteiger partial charge >= 0.3 is 11.8 Å². The van der Waals surface area contributed by atoms with Crippen LogP contribution in [0.1, 0.15) is 11.1 Å². The Balaban J connectivity index is 1.94. The molecule has 0 aromatic heterocycles. The average molecular weight is 350 g/mol. The fourth-order valence-electron chi connectivity index (χ4n) is 1.69. The van der Waals surface area contributed by atoms with E-state index < -0.39 is 11.8 Å². The summed E-state index contributed by atoms with van der Waals surface area (Å²) in [7, 11) is 0.